The molecule has 1 aliphatic rings. The number of aromatic nitrogens is 2. The Bertz CT molecular complexity index is 1120. The predicted molar refractivity (Wildman–Crippen MR) is 112 cm³/mol. The van der Waals surface area contributed by atoms with Gasteiger partial charge in [0.25, 0.3) is 0 Å². The summed E-state index contributed by atoms with van der Waals surface area (Å²) in [6.45, 7) is 2.94. The van der Waals surface area contributed by atoms with Crippen molar-refractivity contribution in [2.24, 2.45) is 7.05 Å². The zero-order valence-electron chi connectivity index (χ0n) is 17.1. The Kier molecular flexibility index (Phi) is 5.31. The molecule has 2 heterocycles. The summed E-state index contributed by atoms with van der Waals surface area (Å²) in [5, 5.41) is 0. The summed E-state index contributed by atoms with van der Waals surface area (Å²) in [4.78, 5) is 30.2. The van der Waals surface area contributed by atoms with Crippen LogP contribution in [-0.4, -0.2) is 39.5 Å². The molecule has 8 heteroatoms. The van der Waals surface area contributed by atoms with E-state index in [1.807, 2.05) is 43.4 Å². The molecule has 0 unspecified atom stereocenters. The van der Waals surface area contributed by atoms with E-state index >= 15 is 0 Å². The SMILES string of the molecule is CCOC(=O)CCN1Cc2ccc(Oc3cccc4c3nc(N)n4C)cc2CC1=O. The molecule has 2 N–H and O–H groups in total. The number of anilines is 1. The van der Waals surface area contributed by atoms with Gasteiger partial charge in [0, 0.05) is 20.1 Å². The minimum Gasteiger partial charge on any atom is -0.466 e. The first kappa shape index (κ1) is 19.8. The van der Waals surface area contributed by atoms with Gasteiger partial charge in [-0.2, -0.15) is 0 Å². The standard InChI is InChI=1S/C22H24N4O4/c1-3-29-20(28)9-10-26-13-14-7-8-16(11-15(14)12-19(26)27)30-18-6-4-5-17-21(18)24-22(23)25(17)2/h4-8,11H,3,9-10,12-13H2,1-2H3,(H2,23,24). The van der Waals surface area contributed by atoms with Crippen molar-refractivity contribution >= 4 is 28.9 Å². The van der Waals surface area contributed by atoms with E-state index in [2.05, 4.69) is 4.98 Å². The first-order valence-electron chi connectivity index (χ1n) is 9.90. The van der Waals surface area contributed by atoms with Gasteiger partial charge in [-0.3, -0.25) is 9.59 Å². The smallest absolute Gasteiger partial charge is 0.307 e. The van der Waals surface area contributed by atoms with Crippen LogP contribution in [0.4, 0.5) is 5.95 Å². The Labute approximate surface area is 174 Å². The number of amides is 1. The number of nitrogen functional groups attached to an aromatic ring is 1. The number of imidazole rings is 1. The van der Waals surface area contributed by atoms with Crippen molar-refractivity contribution in [3.63, 3.8) is 0 Å². The number of nitrogens with two attached hydrogens (primary N) is 1. The normalized spacial score (nSPS) is 13.4. The van der Waals surface area contributed by atoms with Crippen LogP contribution in [0.2, 0.25) is 0 Å². The minimum atomic E-state index is -0.288. The fraction of sp³-hybridized carbons (Fsp3) is 0.318. The maximum atomic E-state index is 12.5. The molecule has 1 aromatic heterocycles. The lowest BCUT2D eigenvalue weighted by Crippen LogP contribution is -2.37. The van der Waals surface area contributed by atoms with Crippen molar-refractivity contribution in [3.8, 4) is 11.5 Å². The third-order valence-electron chi connectivity index (χ3n) is 5.26. The number of hydrogen-bond acceptors (Lipinski definition) is 6. The molecule has 0 aliphatic carbocycles. The molecule has 0 radical (unpaired) electrons. The van der Waals surface area contributed by atoms with Crippen molar-refractivity contribution in [2.45, 2.75) is 26.3 Å². The summed E-state index contributed by atoms with van der Waals surface area (Å²) in [5.41, 5.74) is 9.47. The Hall–Kier alpha value is -3.55. The topological polar surface area (TPSA) is 99.7 Å². The van der Waals surface area contributed by atoms with E-state index in [9.17, 15) is 9.59 Å². The lowest BCUT2D eigenvalue weighted by Gasteiger charge is -2.28. The Morgan fingerprint density at radius 1 is 1.23 bits per heavy atom. The number of nitrogens with zero attached hydrogens (tertiary/aromatic N) is 3. The molecule has 0 atom stereocenters. The van der Waals surface area contributed by atoms with E-state index in [4.69, 9.17) is 15.2 Å². The average molecular weight is 408 g/mol. The fourth-order valence-corrected chi connectivity index (χ4v) is 3.63. The number of esters is 1. The van der Waals surface area contributed by atoms with Crippen molar-refractivity contribution in [1.82, 2.24) is 14.5 Å². The molecule has 0 saturated carbocycles. The molecular formula is C22H24N4O4. The van der Waals surface area contributed by atoms with E-state index in [0.717, 1.165) is 16.6 Å². The molecule has 1 amide bonds. The molecule has 0 bridgehead atoms. The summed E-state index contributed by atoms with van der Waals surface area (Å²) in [6.07, 6.45) is 0.476. The summed E-state index contributed by atoms with van der Waals surface area (Å²) >= 11 is 0. The summed E-state index contributed by atoms with van der Waals surface area (Å²) in [6, 6.07) is 11.4. The number of benzene rings is 2. The van der Waals surface area contributed by atoms with Crippen LogP contribution >= 0.6 is 0 Å². The number of ether oxygens (including phenoxy) is 2. The fourth-order valence-electron chi connectivity index (χ4n) is 3.63. The quantitative estimate of drug-likeness (QED) is 0.630. The monoisotopic (exact) mass is 408 g/mol. The predicted octanol–water partition coefficient (Wildman–Crippen LogP) is 2.79. The van der Waals surface area contributed by atoms with E-state index in [0.29, 0.717) is 42.7 Å². The highest BCUT2D eigenvalue weighted by atomic mass is 16.5. The second kappa shape index (κ2) is 8.06. The van der Waals surface area contributed by atoms with Crippen LogP contribution in [0.5, 0.6) is 11.5 Å². The Balaban J connectivity index is 1.51. The number of aryl methyl sites for hydroxylation is 1. The van der Waals surface area contributed by atoms with Gasteiger partial charge in [-0.05, 0) is 42.3 Å². The second-order valence-electron chi connectivity index (χ2n) is 7.23. The van der Waals surface area contributed by atoms with Crippen LogP contribution in [0, 0.1) is 0 Å². The number of rotatable bonds is 6. The van der Waals surface area contributed by atoms with E-state index < -0.39 is 0 Å². The van der Waals surface area contributed by atoms with Crippen LogP contribution in [0.3, 0.4) is 0 Å². The van der Waals surface area contributed by atoms with Gasteiger partial charge in [0.1, 0.15) is 11.3 Å². The Morgan fingerprint density at radius 2 is 2.07 bits per heavy atom. The molecule has 8 nitrogen and oxygen atoms in total. The largest absolute Gasteiger partial charge is 0.466 e. The minimum absolute atomic E-state index is 0.0106. The lowest BCUT2D eigenvalue weighted by atomic mass is 9.98. The lowest BCUT2D eigenvalue weighted by molar-refractivity contribution is -0.144. The van der Waals surface area contributed by atoms with E-state index in [1.165, 1.54) is 0 Å². The van der Waals surface area contributed by atoms with Crippen LogP contribution in [0.15, 0.2) is 36.4 Å². The second-order valence-corrected chi connectivity index (χ2v) is 7.23. The molecule has 30 heavy (non-hydrogen) atoms. The van der Waals surface area contributed by atoms with Crippen LogP contribution in [0.25, 0.3) is 11.0 Å². The molecule has 0 fully saturated rings. The zero-order chi connectivity index (χ0) is 21.3. The van der Waals surface area contributed by atoms with Gasteiger partial charge in [0.05, 0.1) is 25.0 Å². The van der Waals surface area contributed by atoms with E-state index in [1.54, 1.807) is 16.4 Å². The van der Waals surface area contributed by atoms with Crippen molar-refractivity contribution in [2.75, 3.05) is 18.9 Å². The van der Waals surface area contributed by atoms with Crippen molar-refractivity contribution in [3.05, 3.63) is 47.5 Å². The number of carbonyl (C=O) groups is 2. The molecule has 3 aromatic rings. The van der Waals surface area contributed by atoms with Gasteiger partial charge in [-0.15, -0.1) is 0 Å². The summed E-state index contributed by atoms with van der Waals surface area (Å²) in [7, 11) is 1.85. The van der Waals surface area contributed by atoms with E-state index in [-0.39, 0.29) is 24.7 Å². The summed E-state index contributed by atoms with van der Waals surface area (Å²) in [5.74, 6) is 1.36. The van der Waals surface area contributed by atoms with Crippen LogP contribution in [0.1, 0.15) is 24.5 Å². The highest BCUT2D eigenvalue weighted by molar-refractivity contribution is 5.85. The van der Waals surface area contributed by atoms with Crippen molar-refractivity contribution < 1.29 is 19.1 Å². The number of hydrogen-bond donors (Lipinski definition) is 1. The maximum Gasteiger partial charge on any atom is 0.307 e. The van der Waals surface area contributed by atoms with Crippen molar-refractivity contribution in [1.29, 1.82) is 0 Å². The van der Waals surface area contributed by atoms with Gasteiger partial charge < -0.3 is 24.7 Å². The van der Waals surface area contributed by atoms with Crippen LogP contribution < -0.4 is 10.5 Å². The highest BCUT2D eigenvalue weighted by Crippen LogP contribution is 2.32. The van der Waals surface area contributed by atoms with Gasteiger partial charge in [0.15, 0.2) is 5.75 Å². The highest BCUT2D eigenvalue weighted by Gasteiger charge is 2.24. The molecular weight excluding hydrogens is 384 g/mol. The first-order valence-corrected chi connectivity index (χ1v) is 9.90. The number of fused-ring (bicyclic) bond motifs is 2. The molecule has 0 saturated heterocycles. The number of para-hydroxylation sites is 1. The Morgan fingerprint density at radius 3 is 2.87 bits per heavy atom. The average Bonchev–Trinajstić information content (AvgIpc) is 3.02. The first-order chi connectivity index (χ1) is 14.5. The third kappa shape index (κ3) is 3.80. The maximum absolute atomic E-state index is 12.5. The zero-order valence-corrected chi connectivity index (χ0v) is 17.1. The van der Waals surface area contributed by atoms with Gasteiger partial charge >= 0.3 is 5.97 Å². The molecule has 0 spiro atoms. The summed E-state index contributed by atoms with van der Waals surface area (Å²) < 4.78 is 12.8. The molecule has 4 rings (SSSR count). The number of carbonyl (C=O) groups excluding carboxylic acids is 2. The molecule has 1 aliphatic heterocycles. The molecule has 2 aromatic carbocycles. The third-order valence-corrected chi connectivity index (χ3v) is 5.26. The van der Waals surface area contributed by atoms with Crippen LogP contribution in [-0.2, 0) is 34.3 Å². The van der Waals surface area contributed by atoms with Gasteiger partial charge in [-0.25, -0.2) is 4.98 Å². The van der Waals surface area contributed by atoms with Gasteiger partial charge in [0.2, 0.25) is 11.9 Å². The van der Waals surface area contributed by atoms with Gasteiger partial charge in [-0.1, -0.05) is 12.1 Å². The molecule has 156 valence electrons.